The topological polar surface area (TPSA) is 92.5 Å². The summed E-state index contributed by atoms with van der Waals surface area (Å²) in [7, 11) is 0. The molecule has 1 amide bonds. The third kappa shape index (κ3) is 3.27. The van der Waals surface area contributed by atoms with Crippen molar-refractivity contribution in [2.24, 2.45) is 0 Å². The van der Waals surface area contributed by atoms with Crippen LogP contribution in [0.3, 0.4) is 0 Å². The van der Waals surface area contributed by atoms with E-state index in [4.69, 9.17) is 0 Å². The van der Waals surface area contributed by atoms with E-state index in [0.29, 0.717) is 13.0 Å². The molecule has 0 aliphatic heterocycles. The summed E-state index contributed by atoms with van der Waals surface area (Å²) in [4.78, 5) is 21.8. The summed E-state index contributed by atoms with van der Waals surface area (Å²) in [5.74, 6) is -0.743. The summed E-state index contributed by atoms with van der Waals surface area (Å²) < 4.78 is 0. The molecule has 0 saturated carbocycles. The average molecular weight is 252 g/mol. The van der Waals surface area contributed by atoms with E-state index in [1.165, 1.54) is 12.1 Å². The van der Waals surface area contributed by atoms with Gasteiger partial charge in [0.15, 0.2) is 0 Å². The van der Waals surface area contributed by atoms with Crippen molar-refractivity contribution in [1.29, 1.82) is 0 Å². The highest BCUT2D eigenvalue weighted by molar-refractivity contribution is 5.86. The van der Waals surface area contributed by atoms with Gasteiger partial charge in [-0.15, -0.1) is 0 Å². The molecule has 98 valence electrons. The van der Waals surface area contributed by atoms with E-state index in [1.807, 2.05) is 6.92 Å². The van der Waals surface area contributed by atoms with Crippen LogP contribution in [-0.4, -0.2) is 29.0 Å². The molecule has 6 nitrogen and oxygen atoms in total. The third-order valence-corrected chi connectivity index (χ3v) is 2.52. The van der Waals surface area contributed by atoms with Gasteiger partial charge in [0.25, 0.3) is 5.91 Å². The zero-order valence-corrected chi connectivity index (χ0v) is 10.1. The second-order valence-electron chi connectivity index (χ2n) is 3.97. The van der Waals surface area contributed by atoms with E-state index in [2.05, 4.69) is 5.32 Å². The summed E-state index contributed by atoms with van der Waals surface area (Å²) >= 11 is 0. The molecule has 18 heavy (non-hydrogen) atoms. The van der Waals surface area contributed by atoms with E-state index in [9.17, 15) is 20.0 Å². The Hall–Kier alpha value is -1.95. The van der Waals surface area contributed by atoms with Crippen LogP contribution in [0.15, 0.2) is 30.3 Å². The van der Waals surface area contributed by atoms with Crippen LogP contribution in [0.25, 0.3) is 0 Å². The summed E-state index contributed by atoms with van der Waals surface area (Å²) in [5.41, 5.74) is -1.91. The van der Waals surface area contributed by atoms with Gasteiger partial charge in [0, 0.05) is 11.5 Å². The van der Waals surface area contributed by atoms with Crippen molar-refractivity contribution in [2.45, 2.75) is 18.9 Å². The fourth-order valence-corrected chi connectivity index (χ4v) is 1.58. The zero-order chi connectivity index (χ0) is 13.6. The van der Waals surface area contributed by atoms with Crippen LogP contribution in [0.2, 0.25) is 0 Å². The largest absolute Gasteiger partial charge is 0.370 e. The normalized spacial score (nSPS) is 13.7. The fourth-order valence-electron chi connectivity index (χ4n) is 1.58. The first-order valence-electron chi connectivity index (χ1n) is 5.68. The summed E-state index contributed by atoms with van der Waals surface area (Å²) in [5, 5.41) is 23.4. The van der Waals surface area contributed by atoms with Crippen molar-refractivity contribution < 1.29 is 14.8 Å². The minimum atomic E-state index is -2.13. The molecule has 0 radical (unpaired) electrons. The summed E-state index contributed by atoms with van der Waals surface area (Å²) in [6, 6.07) is 7.94. The Labute approximate surface area is 105 Å². The molecule has 0 saturated heterocycles. The monoisotopic (exact) mass is 252 g/mol. The molecule has 1 atom stereocenters. The SMILES string of the molecule is CCCNC(=O)C(O)(C[N+](=O)[O-])c1ccccc1. The Bertz CT molecular complexity index is 421. The minimum absolute atomic E-state index is 0.218. The second kappa shape index (κ2) is 6.11. The van der Waals surface area contributed by atoms with Crippen LogP contribution in [0.4, 0.5) is 0 Å². The van der Waals surface area contributed by atoms with Gasteiger partial charge in [-0.05, 0) is 12.0 Å². The van der Waals surface area contributed by atoms with E-state index >= 15 is 0 Å². The molecule has 1 aromatic rings. The van der Waals surface area contributed by atoms with Crippen LogP contribution < -0.4 is 5.32 Å². The summed E-state index contributed by atoms with van der Waals surface area (Å²) in [6.45, 7) is 1.37. The van der Waals surface area contributed by atoms with Gasteiger partial charge in [-0.1, -0.05) is 37.3 Å². The lowest BCUT2D eigenvalue weighted by Crippen LogP contribution is -2.49. The molecule has 1 unspecified atom stereocenters. The highest BCUT2D eigenvalue weighted by Crippen LogP contribution is 2.21. The Morgan fingerprint density at radius 2 is 2.06 bits per heavy atom. The lowest BCUT2D eigenvalue weighted by atomic mass is 9.93. The minimum Gasteiger partial charge on any atom is -0.370 e. The number of amides is 1. The average Bonchev–Trinajstić information content (AvgIpc) is 2.36. The van der Waals surface area contributed by atoms with Gasteiger partial charge in [0.1, 0.15) is 0 Å². The highest BCUT2D eigenvalue weighted by atomic mass is 16.6. The van der Waals surface area contributed by atoms with Crippen molar-refractivity contribution in [3.05, 3.63) is 46.0 Å². The van der Waals surface area contributed by atoms with Gasteiger partial charge in [-0.25, -0.2) is 0 Å². The third-order valence-electron chi connectivity index (χ3n) is 2.52. The molecule has 0 fully saturated rings. The fraction of sp³-hybridized carbons (Fsp3) is 0.417. The molecule has 1 aromatic carbocycles. The molecule has 0 aliphatic carbocycles. The number of aliphatic hydroxyl groups is 1. The number of rotatable bonds is 6. The van der Waals surface area contributed by atoms with Gasteiger partial charge in [0.05, 0.1) is 0 Å². The second-order valence-corrected chi connectivity index (χ2v) is 3.97. The van der Waals surface area contributed by atoms with Crippen molar-refractivity contribution in [2.75, 3.05) is 13.1 Å². The van der Waals surface area contributed by atoms with Crippen molar-refractivity contribution in [3.8, 4) is 0 Å². The van der Waals surface area contributed by atoms with Crippen LogP contribution in [0.1, 0.15) is 18.9 Å². The Morgan fingerprint density at radius 1 is 1.44 bits per heavy atom. The molecule has 0 spiro atoms. The predicted octanol–water partition coefficient (Wildman–Crippen LogP) is 0.677. The number of nitro groups is 1. The number of benzene rings is 1. The van der Waals surface area contributed by atoms with Crippen LogP contribution in [-0.2, 0) is 10.4 Å². The standard InChI is InChI=1S/C12H16N2O4/c1-2-8-13-11(15)12(16,9-14(17)18)10-6-4-3-5-7-10/h3-7,16H,2,8-9H2,1H3,(H,13,15). The molecule has 6 heteroatoms. The van der Waals surface area contributed by atoms with Crippen LogP contribution >= 0.6 is 0 Å². The smallest absolute Gasteiger partial charge is 0.263 e. The Balaban J connectivity index is 3.02. The molecule has 0 heterocycles. The van der Waals surface area contributed by atoms with Crippen LogP contribution in [0.5, 0.6) is 0 Å². The lowest BCUT2D eigenvalue weighted by Gasteiger charge is -2.23. The zero-order valence-electron chi connectivity index (χ0n) is 10.1. The van der Waals surface area contributed by atoms with E-state index in [0.717, 1.165) is 0 Å². The van der Waals surface area contributed by atoms with Gasteiger partial charge < -0.3 is 10.4 Å². The van der Waals surface area contributed by atoms with Gasteiger partial charge in [-0.3, -0.25) is 14.9 Å². The number of nitrogens with one attached hydrogen (secondary N) is 1. The molecular formula is C12H16N2O4. The van der Waals surface area contributed by atoms with Gasteiger partial charge in [-0.2, -0.15) is 0 Å². The van der Waals surface area contributed by atoms with Crippen molar-refractivity contribution in [1.82, 2.24) is 5.32 Å². The molecular weight excluding hydrogens is 236 g/mol. The first kappa shape index (κ1) is 14.1. The quantitative estimate of drug-likeness (QED) is 0.575. The van der Waals surface area contributed by atoms with Gasteiger partial charge >= 0.3 is 0 Å². The number of carbonyl (C=O) groups is 1. The lowest BCUT2D eigenvalue weighted by molar-refractivity contribution is -0.498. The maximum atomic E-state index is 11.9. The number of carbonyl (C=O) groups excluding carboxylic acids is 1. The van der Waals surface area contributed by atoms with Gasteiger partial charge in [0.2, 0.25) is 12.1 Å². The molecule has 0 aliphatic rings. The number of hydrogen-bond donors (Lipinski definition) is 2. The molecule has 1 rings (SSSR count). The predicted molar refractivity (Wildman–Crippen MR) is 65.5 cm³/mol. The Kier molecular flexibility index (Phi) is 4.79. The highest BCUT2D eigenvalue weighted by Gasteiger charge is 2.43. The van der Waals surface area contributed by atoms with Crippen molar-refractivity contribution in [3.63, 3.8) is 0 Å². The summed E-state index contributed by atoms with van der Waals surface area (Å²) in [6.07, 6.45) is 0.690. The van der Waals surface area contributed by atoms with E-state index in [-0.39, 0.29) is 5.56 Å². The van der Waals surface area contributed by atoms with Crippen molar-refractivity contribution >= 4 is 5.91 Å². The molecule has 0 aromatic heterocycles. The maximum absolute atomic E-state index is 11.9. The first-order chi connectivity index (χ1) is 8.50. The molecule has 2 N–H and O–H groups in total. The molecule has 0 bridgehead atoms. The first-order valence-corrected chi connectivity index (χ1v) is 5.68. The maximum Gasteiger partial charge on any atom is 0.263 e. The number of nitrogens with zero attached hydrogens (tertiary/aromatic N) is 1. The van der Waals surface area contributed by atoms with E-state index < -0.39 is 23.0 Å². The van der Waals surface area contributed by atoms with Crippen LogP contribution in [0, 0.1) is 10.1 Å². The van der Waals surface area contributed by atoms with E-state index in [1.54, 1.807) is 18.2 Å². The number of hydrogen-bond acceptors (Lipinski definition) is 4. The Morgan fingerprint density at radius 3 is 2.56 bits per heavy atom.